The number of hydrogen-bond acceptors (Lipinski definition) is 5. The molecule has 1 fully saturated rings. The third-order valence-corrected chi connectivity index (χ3v) is 6.12. The Morgan fingerprint density at radius 3 is 2.68 bits per heavy atom. The fourth-order valence-electron chi connectivity index (χ4n) is 4.24. The summed E-state index contributed by atoms with van der Waals surface area (Å²) in [5, 5.41) is 7.06. The zero-order valence-corrected chi connectivity index (χ0v) is 19.4. The fourth-order valence-corrected chi connectivity index (χ4v) is 4.24. The van der Waals surface area contributed by atoms with E-state index < -0.39 is 0 Å². The largest absolute Gasteiger partial charge is 0.491 e. The van der Waals surface area contributed by atoms with Crippen LogP contribution in [0.2, 0.25) is 0 Å². The third kappa shape index (κ3) is 5.59. The first kappa shape index (κ1) is 23.8. The van der Waals surface area contributed by atoms with Gasteiger partial charge in [0.05, 0.1) is 12.2 Å². The number of carbonyl (C=O) groups is 2. The fraction of sp³-hybridized carbons (Fsp3) is 0.370. The van der Waals surface area contributed by atoms with Gasteiger partial charge < -0.3 is 15.4 Å². The molecule has 0 aliphatic carbocycles. The van der Waals surface area contributed by atoms with Crippen molar-refractivity contribution >= 4 is 23.1 Å². The Balaban J connectivity index is 1.74. The number of halogens is 1. The van der Waals surface area contributed by atoms with E-state index in [1.54, 1.807) is 24.4 Å². The SMILES string of the molecule is CCCCOc1c(C=O)cc(C(=O)NC2CCNCC2)c2cc(Cc3ccc(F)cc3)cnc12. The molecule has 1 saturated heterocycles. The summed E-state index contributed by atoms with van der Waals surface area (Å²) in [4.78, 5) is 29.9. The van der Waals surface area contributed by atoms with Gasteiger partial charge in [0, 0.05) is 23.2 Å². The number of unbranched alkanes of at least 4 members (excludes halogenated alkanes) is 1. The molecule has 34 heavy (non-hydrogen) atoms. The van der Waals surface area contributed by atoms with E-state index in [1.807, 2.05) is 6.07 Å². The number of aromatic nitrogens is 1. The molecule has 0 unspecified atom stereocenters. The number of piperidine rings is 1. The summed E-state index contributed by atoms with van der Waals surface area (Å²) in [6, 6.07) is 9.94. The minimum atomic E-state index is -0.285. The molecule has 0 spiro atoms. The highest BCUT2D eigenvalue weighted by Gasteiger charge is 2.22. The van der Waals surface area contributed by atoms with Crippen molar-refractivity contribution in [2.45, 2.75) is 45.1 Å². The number of aldehydes is 1. The van der Waals surface area contributed by atoms with E-state index in [0.29, 0.717) is 40.8 Å². The molecule has 2 N–H and O–H groups in total. The number of rotatable bonds is 9. The van der Waals surface area contributed by atoms with Gasteiger partial charge in [0.2, 0.25) is 0 Å². The quantitative estimate of drug-likeness (QED) is 0.362. The maximum Gasteiger partial charge on any atom is 0.252 e. The number of pyridine rings is 1. The van der Waals surface area contributed by atoms with Gasteiger partial charge in [-0.05, 0) is 74.2 Å². The first-order chi connectivity index (χ1) is 16.6. The molecule has 4 rings (SSSR count). The van der Waals surface area contributed by atoms with Crippen molar-refractivity contribution in [1.29, 1.82) is 0 Å². The summed E-state index contributed by atoms with van der Waals surface area (Å²) in [5.74, 6) is -0.0986. The molecule has 7 heteroatoms. The highest BCUT2D eigenvalue weighted by Crippen LogP contribution is 2.32. The van der Waals surface area contributed by atoms with Gasteiger partial charge >= 0.3 is 0 Å². The van der Waals surface area contributed by atoms with Crippen molar-refractivity contribution in [1.82, 2.24) is 15.6 Å². The lowest BCUT2D eigenvalue weighted by molar-refractivity contribution is 0.0931. The number of nitrogens with one attached hydrogen (secondary N) is 2. The van der Waals surface area contributed by atoms with Crippen LogP contribution in [-0.2, 0) is 6.42 Å². The second kappa shape index (κ2) is 11.2. The van der Waals surface area contributed by atoms with E-state index in [2.05, 4.69) is 22.5 Å². The minimum Gasteiger partial charge on any atom is -0.491 e. The van der Waals surface area contributed by atoms with Gasteiger partial charge in [-0.25, -0.2) is 4.39 Å². The maximum absolute atomic E-state index is 13.3. The van der Waals surface area contributed by atoms with E-state index in [1.165, 1.54) is 12.1 Å². The predicted octanol–water partition coefficient (Wildman–Crippen LogP) is 4.44. The van der Waals surface area contributed by atoms with Crippen LogP contribution in [0.4, 0.5) is 4.39 Å². The normalized spacial score (nSPS) is 14.2. The lowest BCUT2D eigenvalue weighted by atomic mass is 9.98. The Morgan fingerprint density at radius 2 is 1.97 bits per heavy atom. The molecule has 2 heterocycles. The van der Waals surface area contributed by atoms with Crippen LogP contribution in [0.3, 0.4) is 0 Å². The van der Waals surface area contributed by atoms with Crippen molar-refractivity contribution < 1.29 is 18.7 Å². The summed E-state index contributed by atoms with van der Waals surface area (Å²) < 4.78 is 19.3. The Kier molecular flexibility index (Phi) is 7.85. The van der Waals surface area contributed by atoms with Crippen LogP contribution in [-0.4, -0.2) is 42.9 Å². The summed E-state index contributed by atoms with van der Waals surface area (Å²) >= 11 is 0. The van der Waals surface area contributed by atoms with Crippen LogP contribution >= 0.6 is 0 Å². The van der Waals surface area contributed by atoms with Crippen LogP contribution < -0.4 is 15.4 Å². The van der Waals surface area contributed by atoms with Gasteiger partial charge in [0.25, 0.3) is 5.91 Å². The highest BCUT2D eigenvalue weighted by atomic mass is 19.1. The average Bonchev–Trinajstić information content (AvgIpc) is 2.86. The molecule has 0 atom stereocenters. The molecule has 0 radical (unpaired) electrons. The van der Waals surface area contributed by atoms with Crippen molar-refractivity contribution in [2.75, 3.05) is 19.7 Å². The average molecular weight is 464 g/mol. The molecule has 2 aromatic carbocycles. The van der Waals surface area contributed by atoms with Gasteiger partial charge in [-0.15, -0.1) is 0 Å². The topological polar surface area (TPSA) is 80.3 Å². The molecule has 1 amide bonds. The number of fused-ring (bicyclic) bond motifs is 1. The lowest BCUT2D eigenvalue weighted by Crippen LogP contribution is -2.42. The first-order valence-electron chi connectivity index (χ1n) is 11.9. The van der Waals surface area contributed by atoms with Gasteiger partial charge in [-0.2, -0.15) is 0 Å². The molecular weight excluding hydrogens is 433 g/mol. The van der Waals surface area contributed by atoms with Crippen LogP contribution in [0.15, 0.2) is 42.6 Å². The Bertz CT molecular complexity index is 1160. The van der Waals surface area contributed by atoms with Gasteiger partial charge in [0.15, 0.2) is 12.0 Å². The molecule has 1 aromatic heterocycles. The standard InChI is InChI=1S/C27H30FN3O3/c1-2-3-12-34-26-20(17-32)15-24(27(33)31-22-8-10-29-11-9-22)23-14-19(16-30-25(23)26)13-18-4-6-21(28)7-5-18/h4-7,14-17,22,29H,2-3,8-13H2,1H3,(H,31,33). The van der Waals surface area contributed by atoms with E-state index >= 15 is 0 Å². The molecule has 0 bridgehead atoms. The summed E-state index contributed by atoms with van der Waals surface area (Å²) in [5.41, 5.74) is 3.05. The third-order valence-electron chi connectivity index (χ3n) is 6.12. The van der Waals surface area contributed by atoms with Gasteiger partial charge in [0.1, 0.15) is 11.3 Å². The van der Waals surface area contributed by atoms with Crippen LogP contribution in [0, 0.1) is 5.82 Å². The van der Waals surface area contributed by atoms with Crippen molar-refractivity contribution in [2.24, 2.45) is 0 Å². The molecule has 178 valence electrons. The second-order valence-electron chi connectivity index (χ2n) is 8.70. The van der Waals surface area contributed by atoms with Crippen molar-refractivity contribution in [3.63, 3.8) is 0 Å². The van der Waals surface area contributed by atoms with E-state index in [-0.39, 0.29) is 17.8 Å². The minimum absolute atomic E-state index is 0.0827. The van der Waals surface area contributed by atoms with Crippen LogP contribution in [0.5, 0.6) is 5.75 Å². The lowest BCUT2D eigenvalue weighted by Gasteiger charge is -2.24. The monoisotopic (exact) mass is 463 g/mol. The summed E-state index contributed by atoms with van der Waals surface area (Å²) in [6.45, 7) is 4.25. The Hall–Kier alpha value is -3.32. The zero-order chi connectivity index (χ0) is 23.9. The molecular formula is C27H30FN3O3. The van der Waals surface area contributed by atoms with Crippen LogP contribution in [0.1, 0.15) is 64.4 Å². The van der Waals surface area contributed by atoms with E-state index in [9.17, 15) is 14.0 Å². The number of carbonyl (C=O) groups excluding carboxylic acids is 2. The van der Waals surface area contributed by atoms with Crippen molar-refractivity contribution in [3.8, 4) is 5.75 Å². The second-order valence-corrected chi connectivity index (χ2v) is 8.70. The maximum atomic E-state index is 13.3. The molecule has 1 aliphatic rings. The molecule has 3 aromatic rings. The molecule has 1 aliphatic heterocycles. The number of hydrogen-bond donors (Lipinski definition) is 2. The van der Waals surface area contributed by atoms with E-state index in [4.69, 9.17) is 4.74 Å². The van der Waals surface area contributed by atoms with Crippen molar-refractivity contribution in [3.05, 3.63) is 70.7 Å². The first-order valence-corrected chi connectivity index (χ1v) is 11.9. The van der Waals surface area contributed by atoms with Gasteiger partial charge in [-0.3, -0.25) is 14.6 Å². The smallest absolute Gasteiger partial charge is 0.252 e. The number of amides is 1. The zero-order valence-electron chi connectivity index (χ0n) is 19.4. The molecule has 0 saturated carbocycles. The highest BCUT2D eigenvalue weighted by molar-refractivity contribution is 6.10. The Morgan fingerprint density at radius 1 is 1.21 bits per heavy atom. The number of ether oxygens (including phenoxy) is 1. The molecule has 6 nitrogen and oxygen atoms in total. The summed E-state index contributed by atoms with van der Waals surface area (Å²) in [7, 11) is 0. The number of benzene rings is 2. The van der Waals surface area contributed by atoms with Crippen LogP contribution in [0.25, 0.3) is 10.9 Å². The van der Waals surface area contributed by atoms with E-state index in [0.717, 1.165) is 56.2 Å². The summed E-state index contributed by atoms with van der Waals surface area (Å²) in [6.07, 6.45) is 6.51. The number of nitrogens with zero attached hydrogens (tertiary/aromatic N) is 1. The Labute approximate surface area is 198 Å². The predicted molar refractivity (Wildman–Crippen MR) is 130 cm³/mol. The van der Waals surface area contributed by atoms with Gasteiger partial charge in [-0.1, -0.05) is 25.5 Å².